The number of hydrogen-bond donors (Lipinski definition) is 2. The molecule has 0 bridgehead atoms. The molecule has 4 heteroatoms. The Bertz CT molecular complexity index is 478. The highest BCUT2D eigenvalue weighted by Gasteiger charge is 2.27. The Kier molecular flexibility index (Phi) is 4.11. The summed E-state index contributed by atoms with van der Waals surface area (Å²) in [5.41, 5.74) is 1.76. The fourth-order valence-corrected chi connectivity index (χ4v) is 1.36. The normalized spacial score (nSPS) is 11.1. The Labute approximate surface area is 107 Å². The minimum absolute atomic E-state index is 0.105. The van der Waals surface area contributed by atoms with Crippen LogP contribution in [-0.2, 0) is 4.79 Å². The number of amides is 1. The topological polar surface area (TPSA) is 66.4 Å². The summed E-state index contributed by atoms with van der Waals surface area (Å²) < 4.78 is 0. The molecule has 0 radical (unpaired) electrons. The zero-order valence-electron chi connectivity index (χ0n) is 11.2. The van der Waals surface area contributed by atoms with Crippen LogP contribution in [-0.4, -0.2) is 23.5 Å². The molecule has 18 heavy (non-hydrogen) atoms. The van der Waals surface area contributed by atoms with E-state index >= 15 is 0 Å². The van der Waals surface area contributed by atoms with E-state index in [2.05, 4.69) is 5.32 Å². The number of rotatable bonds is 4. The summed E-state index contributed by atoms with van der Waals surface area (Å²) in [4.78, 5) is 22.8. The molecular weight excluding hydrogens is 230 g/mol. The molecule has 0 atom stereocenters. The van der Waals surface area contributed by atoms with Crippen LogP contribution in [0.25, 0.3) is 0 Å². The number of nitrogens with one attached hydrogen (secondary N) is 1. The summed E-state index contributed by atoms with van der Waals surface area (Å²) >= 11 is 0. The van der Waals surface area contributed by atoms with Crippen molar-refractivity contribution in [2.24, 2.45) is 5.41 Å². The Hall–Kier alpha value is -1.84. The van der Waals surface area contributed by atoms with Gasteiger partial charge in [-0.25, -0.2) is 0 Å². The molecule has 0 heterocycles. The van der Waals surface area contributed by atoms with Crippen molar-refractivity contribution in [2.75, 3.05) is 6.54 Å². The van der Waals surface area contributed by atoms with Crippen molar-refractivity contribution >= 4 is 11.9 Å². The van der Waals surface area contributed by atoms with Gasteiger partial charge in [0.15, 0.2) is 0 Å². The van der Waals surface area contributed by atoms with Crippen LogP contribution in [0.2, 0.25) is 0 Å². The van der Waals surface area contributed by atoms with Gasteiger partial charge in [-0.15, -0.1) is 0 Å². The van der Waals surface area contributed by atoms with Gasteiger partial charge in [0, 0.05) is 12.1 Å². The van der Waals surface area contributed by atoms with Gasteiger partial charge in [-0.2, -0.15) is 0 Å². The molecule has 0 spiro atoms. The molecule has 98 valence electrons. The Morgan fingerprint density at radius 3 is 2.33 bits per heavy atom. The van der Waals surface area contributed by atoms with Crippen molar-refractivity contribution in [1.29, 1.82) is 0 Å². The van der Waals surface area contributed by atoms with Gasteiger partial charge in [0.2, 0.25) is 0 Å². The maximum Gasteiger partial charge on any atom is 0.310 e. The third kappa shape index (κ3) is 3.32. The third-order valence-electron chi connectivity index (χ3n) is 3.04. The van der Waals surface area contributed by atoms with E-state index in [0.717, 1.165) is 11.1 Å². The van der Waals surface area contributed by atoms with Crippen LogP contribution in [0.3, 0.4) is 0 Å². The second-order valence-corrected chi connectivity index (χ2v) is 5.17. The molecule has 0 saturated carbocycles. The molecule has 0 fully saturated rings. The molecule has 0 unspecified atom stereocenters. The molecule has 0 aliphatic rings. The zero-order valence-corrected chi connectivity index (χ0v) is 11.2. The van der Waals surface area contributed by atoms with Crippen LogP contribution >= 0.6 is 0 Å². The van der Waals surface area contributed by atoms with Crippen molar-refractivity contribution < 1.29 is 14.7 Å². The number of carboxylic acids is 1. The SMILES string of the molecule is Cc1ccc(C(=O)NCC(C)(C)C(=O)O)cc1C. The number of hydrogen-bond acceptors (Lipinski definition) is 2. The van der Waals surface area contributed by atoms with Crippen LogP contribution in [0.1, 0.15) is 35.3 Å². The minimum Gasteiger partial charge on any atom is -0.481 e. The highest BCUT2D eigenvalue weighted by Crippen LogP contribution is 2.14. The van der Waals surface area contributed by atoms with Gasteiger partial charge < -0.3 is 10.4 Å². The quantitative estimate of drug-likeness (QED) is 0.859. The lowest BCUT2D eigenvalue weighted by atomic mass is 9.94. The number of carbonyl (C=O) groups excluding carboxylic acids is 1. The molecule has 1 rings (SSSR count). The maximum atomic E-state index is 11.9. The van der Waals surface area contributed by atoms with Gasteiger partial charge in [0.1, 0.15) is 0 Å². The van der Waals surface area contributed by atoms with Crippen LogP contribution in [0, 0.1) is 19.3 Å². The summed E-state index contributed by atoms with van der Waals surface area (Å²) in [5, 5.41) is 11.6. The third-order valence-corrected chi connectivity index (χ3v) is 3.04. The molecule has 1 amide bonds. The Morgan fingerprint density at radius 1 is 1.22 bits per heavy atom. The van der Waals surface area contributed by atoms with Crippen molar-refractivity contribution in [3.05, 3.63) is 34.9 Å². The second kappa shape index (κ2) is 5.21. The minimum atomic E-state index is -0.963. The van der Waals surface area contributed by atoms with Crippen LogP contribution < -0.4 is 5.32 Å². The predicted molar refractivity (Wildman–Crippen MR) is 69.7 cm³/mol. The lowest BCUT2D eigenvalue weighted by Crippen LogP contribution is -2.38. The summed E-state index contributed by atoms with van der Waals surface area (Å²) in [6, 6.07) is 5.43. The average Bonchev–Trinajstić information content (AvgIpc) is 2.29. The highest BCUT2D eigenvalue weighted by atomic mass is 16.4. The molecule has 0 saturated heterocycles. The lowest BCUT2D eigenvalue weighted by molar-refractivity contribution is -0.146. The molecule has 4 nitrogen and oxygen atoms in total. The van der Waals surface area contributed by atoms with E-state index in [1.165, 1.54) is 0 Å². The second-order valence-electron chi connectivity index (χ2n) is 5.17. The number of benzene rings is 1. The molecule has 0 aliphatic carbocycles. The molecular formula is C14H19NO3. The summed E-state index contributed by atoms with van der Waals surface area (Å²) in [6.07, 6.45) is 0. The molecule has 0 aromatic heterocycles. The smallest absolute Gasteiger partial charge is 0.310 e. The monoisotopic (exact) mass is 249 g/mol. The zero-order chi connectivity index (χ0) is 13.9. The van der Waals surface area contributed by atoms with Gasteiger partial charge in [-0.05, 0) is 51.0 Å². The number of aliphatic carboxylic acids is 1. The molecule has 2 N–H and O–H groups in total. The predicted octanol–water partition coefficient (Wildman–Crippen LogP) is 2.14. The molecule has 1 aromatic rings. The van der Waals surface area contributed by atoms with Crippen molar-refractivity contribution in [2.45, 2.75) is 27.7 Å². The molecule has 1 aromatic carbocycles. The maximum absolute atomic E-state index is 11.9. The van der Waals surface area contributed by atoms with Crippen molar-refractivity contribution in [3.63, 3.8) is 0 Å². The fraction of sp³-hybridized carbons (Fsp3) is 0.429. The summed E-state index contributed by atoms with van der Waals surface area (Å²) in [6.45, 7) is 7.18. The molecule has 0 aliphatic heterocycles. The Balaban J connectivity index is 2.72. The first-order valence-corrected chi connectivity index (χ1v) is 5.83. The van der Waals surface area contributed by atoms with Gasteiger partial charge in [-0.1, -0.05) is 6.07 Å². The van der Waals surface area contributed by atoms with E-state index < -0.39 is 11.4 Å². The first-order chi connectivity index (χ1) is 8.24. The average molecular weight is 249 g/mol. The largest absolute Gasteiger partial charge is 0.481 e. The van der Waals surface area contributed by atoms with E-state index in [1.54, 1.807) is 26.0 Å². The summed E-state index contributed by atoms with van der Waals surface area (Å²) in [7, 11) is 0. The Morgan fingerprint density at radius 2 is 1.83 bits per heavy atom. The van der Waals surface area contributed by atoms with Gasteiger partial charge in [-0.3, -0.25) is 9.59 Å². The fourth-order valence-electron chi connectivity index (χ4n) is 1.36. The van der Waals surface area contributed by atoms with Crippen LogP contribution in [0.5, 0.6) is 0 Å². The van der Waals surface area contributed by atoms with E-state index in [1.807, 2.05) is 19.9 Å². The van der Waals surface area contributed by atoms with E-state index in [-0.39, 0.29) is 12.5 Å². The lowest BCUT2D eigenvalue weighted by Gasteiger charge is -2.19. The number of carboxylic acid groups (broad SMARTS) is 1. The van der Waals surface area contributed by atoms with Crippen LogP contribution in [0.15, 0.2) is 18.2 Å². The van der Waals surface area contributed by atoms with Gasteiger partial charge in [0.05, 0.1) is 5.41 Å². The summed E-state index contributed by atoms with van der Waals surface area (Å²) in [5.74, 6) is -1.17. The number of carbonyl (C=O) groups is 2. The van der Waals surface area contributed by atoms with Crippen LogP contribution in [0.4, 0.5) is 0 Å². The van der Waals surface area contributed by atoms with E-state index in [0.29, 0.717) is 5.56 Å². The van der Waals surface area contributed by atoms with Crippen molar-refractivity contribution in [3.8, 4) is 0 Å². The standard InChI is InChI=1S/C14H19NO3/c1-9-5-6-11(7-10(9)2)12(16)15-8-14(3,4)13(17)18/h5-7H,8H2,1-4H3,(H,15,16)(H,17,18). The van der Waals surface area contributed by atoms with E-state index in [4.69, 9.17) is 5.11 Å². The van der Waals surface area contributed by atoms with Gasteiger partial charge in [0.25, 0.3) is 5.91 Å². The van der Waals surface area contributed by atoms with Crippen molar-refractivity contribution in [1.82, 2.24) is 5.32 Å². The van der Waals surface area contributed by atoms with E-state index in [9.17, 15) is 9.59 Å². The first kappa shape index (κ1) is 14.2. The first-order valence-electron chi connectivity index (χ1n) is 5.83. The van der Waals surface area contributed by atoms with Gasteiger partial charge >= 0.3 is 5.97 Å². The number of aryl methyl sites for hydroxylation is 2. The highest BCUT2D eigenvalue weighted by molar-refractivity contribution is 5.94.